The van der Waals surface area contributed by atoms with Gasteiger partial charge in [-0.2, -0.15) is 0 Å². The molecule has 1 aromatic carbocycles. The molecule has 6 heteroatoms. The van der Waals surface area contributed by atoms with Gasteiger partial charge in [-0.05, 0) is 24.0 Å². The first-order valence-electron chi connectivity index (χ1n) is 6.03. The fraction of sp³-hybridized carbons (Fsp3) is 0.462. The number of carboxylic acid groups (broad SMARTS) is 1. The van der Waals surface area contributed by atoms with E-state index in [0.29, 0.717) is 6.54 Å². The van der Waals surface area contributed by atoms with Gasteiger partial charge in [-0.25, -0.2) is 4.79 Å². The van der Waals surface area contributed by atoms with E-state index in [2.05, 4.69) is 5.32 Å². The van der Waals surface area contributed by atoms with Crippen molar-refractivity contribution in [3.8, 4) is 0 Å². The van der Waals surface area contributed by atoms with Crippen LogP contribution in [0.4, 0.5) is 11.4 Å². The summed E-state index contributed by atoms with van der Waals surface area (Å²) in [6.45, 7) is 6.64. The van der Waals surface area contributed by atoms with Crippen molar-refractivity contribution in [3.05, 3.63) is 33.9 Å². The summed E-state index contributed by atoms with van der Waals surface area (Å²) in [5.74, 6) is -1.30. The van der Waals surface area contributed by atoms with E-state index < -0.39 is 10.9 Å². The molecule has 0 aliphatic rings. The van der Waals surface area contributed by atoms with Crippen molar-refractivity contribution in [1.29, 1.82) is 0 Å². The zero-order chi connectivity index (χ0) is 14.6. The van der Waals surface area contributed by atoms with Crippen LogP contribution in [0, 0.1) is 15.5 Å². The number of rotatable bonds is 6. The molecule has 2 N–H and O–H groups in total. The second kappa shape index (κ2) is 5.69. The molecule has 0 spiro atoms. The minimum atomic E-state index is -1.30. The van der Waals surface area contributed by atoms with E-state index in [1.165, 1.54) is 18.2 Å². The van der Waals surface area contributed by atoms with Gasteiger partial charge in [0, 0.05) is 6.54 Å². The van der Waals surface area contributed by atoms with E-state index in [1.807, 2.05) is 20.8 Å². The number of nitrogens with one attached hydrogen (secondary N) is 1. The average Bonchev–Trinajstić information content (AvgIpc) is 2.35. The Balaban J connectivity index is 3.11. The van der Waals surface area contributed by atoms with Crippen LogP contribution in [0.5, 0.6) is 0 Å². The summed E-state index contributed by atoms with van der Waals surface area (Å²) in [6, 6.07) is 4.25. The number of nitro groups is 1. The maximum atomic E-state index is 11.0. The second-order valence-corrected chi connectivity index (χ2v) is 5.14. The number of carbonyl (C=O) groups is 1. The van der Waals surface area contributed by atoms with Crippen molar-refractivity contribution in [2.75, 3.05) is 11.9 Å². The van der Waals surface area contributed by atoms with Gasteiger partial charge in [0.1, 0.15) is 11.3 Å². The Labute approximate surface area is 111 Å². The fourth-order valence-electron chi connectivity index (χ4n) is 1.51. The normalized spacial score (nSPS) is 11.1. The summed E-state index contributed by atoms with van der Waals surface area (Å²) in [5, 5.41) is 23.0. The second-order valence-electron chi connectivity index (χ2n) is 5.14. The number of anilines is 1. The van der Waals surface area contributed by atoms with Crippen molar-refractivity contribution in [2.24, 2.45) is 5.41 Å². The molecule has 0 atom stereocenters. The van der Waals surface area contributed by atoms with Gasteiger partial charge in [0.25, 0.3) is 0 Å². The number of carboxylic acids is 1. The Kier molecular flexibility index (Phi) is 4.47. The molecule has 0 aliphatic heterocycles. The number of benzene rings is 1. The molecular formula is C13H18N2O4. The molecule has 0 radical (unpaired) electrons. The van der Waals surface area contributed by atoms with Crippen molar-refractivity contribution in [3.63, 3.8) is 0 Å². The predicted molar refractivity (Wildman–Crippen MR) is 72.6 cm³/mol. The van der Waals surface area contributed by atoms with Gasteiger partial charge in [0.05, 0.1) is 4.92 Å². The van der Waals surface area contributed by atoms with E-state index in [0.717, 1.165) is 6.42 Å². The van der Waals surface area contributed by atoms with Crippen LogP contribution in [-0.2, 0) is 0 Å². The van der Waals surface area contributed by atoms with E-state index in [4.69, 9.17) is 5.11 Å². The van der Waals surface area contributed by atoms with Gasteiger partial charge in [-0.15, -0.1) is 0 Å². The lowest BCUT2D eigenvalue weighted by Crippen LogP contribution is -2.22. The lowest BCUT2D eigenvalue weighted by atomic mass is 9.90. The molecule has 0 unspecified atom stereocenters. The summed E-state index contributed by atoms with van der Waals surface area (Å²) >= 11 is 0. The zero-order valence-electron chi connectivity index (χ0n) is 11.3. The molecule has 6 nitrogen and oxygen atoms in total. The quantitative estimate of drug-likeness (QED) is 0.609. The standard InChI is InChI=1S/C13H18N2O4/c1-4-13(2,3)8-14-10-7-5-6-9(12(16)17)11(10)15(18)19/h5-7,14H,4,8H2,1-3H3,(H,16,17). The molecular weight excluding hydrogens is 248 g/mol. The van der Waals surface area contributed by atoms with Gasteiger partial charge in [0.2, 0.25) is 0 Å². The van der Waals surface area contributed by atoms with Crippen LogP contribution in [0.15, 0.2) is 18.2 Å². The first-order chi connectivity index (χ1) is 8.78. The van der Waals surface area contributed by atoms with Gasteiger partial charge in [-0.1, -0.05) is 26.8 Å². The van der Waals surface area contributed by atoms with Crippen LogP contribution in [0.2, 0.25) is 0 Å². The van der Waals surface area contributed by atoms with Crippen LogP contribution < -0.4 is 5.32 Å². The molecule has 0 aromatic heterocycles. The highest BCUT2D eigenvalue weighted by atomic mass is 16.6. The number of nitro benzene ring substituents is 1. The number of nitrogens with zero attached hydrogens (tertiary/aromatic N) is 1. The summed E-state index contributed by atoms with van der Waals surface area (Å²) in [6.07, 6.45) is 0.909. The molecule has 1 aromatic rings. The Morgan fingerprint density at radius 2 is 2.11 bits per heavy atom. The topological polar surface area (TPSA) is 92.5 Å². The molecule has 19 heavy (non-hydrogen) atoms. The first-order valence-corrected chi connectivity index (χ1v) is 6.03. The zero-order valence-corrected chi connectivity index (χ0v) is 11.3. The van der Waals surface area contributed by atoms with Gasteiger partial charge >= 0.3 is 11.7 Å². The summed E-state index contributed by atoms with van der Waals surface area (Å²) in [4.78, 5) is 21.4. The third-order valence-electron chi connectivity index (χ3n) is 3.16. The Morgan fingerprint density at radius 1 is 1.47 bits per heavy atom. The maximum absolute atomic E-state index is 11.0. The molecule has 104 valence electrons. The molecule has 0 fully saturated rings. The van der Waals surface area contributed by atoms with Gasteiger partial charge in [0.15, 0.2) is 0 Å². The number of hydrogen-bond donors (Lipinski definition) is 2. The molecule has 0 heterocycles. The third kappa shape index (κ3) is 3.67. The summed E-state index contributed by atoms with van der Waals surface area (Å²) in [7, 11) is 0. The molecule has 1 rings (SSSR count). The van der Waals surface area contributed by atoms with E-state index in [1.54, 1.807) is 0 Å². The molecule has 0 bridgehead atoms. The number of aromatic carboxylic acids is 1. The van der Waals surface area contributed by atoms with Crippen LogP contribution >= 0.6 is 0 Å². The van der Waals surface area contributed by atoms with Crippen molar-refractivity contribution >= 4 is 17.3 Å². The predicted octanol–water partition coefficient (Wildman–Crippen LogP) is 3.14. The minimum Gasteiger partial charge on any atom is -0.477 e. The monoisotopic (exact) mass is 266 g/mol. The molecule has 0 saturated heterocycles. The largest absolute Gasteiger partial charge is 0.477 e. The van der Waals surface area contributed by atoms with Crippen molar-refractivity contribution in [2.45, 2.75) is 27.2 Å². The summed E-state index contributed by atoms with van der Waals surface area (Å²) in [5.41, 5.74) is -0.467. The first kappa shape index (κ1) is 14.9. The lowest BCUT2D eigenvalue weighted by molar-refractivity contribution is -0.384. The molecule has 0 amide bonds. The van der Waals surface area contributed by atoms with E-state index >= 15 is 0 Å². The van der Waals surface area contributed by atoms with E-state index in [9.17, 15) is 14.9 Å². The highest BCUT2D eigenvalue weighted by Crippen LogP contribution is 2.30. The van der Waals surface area contributed by atoms with Crippen molar-refractivity contribution in [1.82, 2.24) is 0 Å². The van der Waals surface area contributed by atoms with Crippen molar-refractivity contribution < 1.29 is 14.8 Å². The van der Waals surface area contributed by atoms with Gasteiger partial charge in [-0.3, -0.25) is 10.1 Å². The fourth-order valence-corrected chi connectivity index (χ4v) is 1.51. The highest BCUT2D eigenvalue weighted by Gasteiger charge is 2.25. The lowest BCUT2D eigenvalue weighted by Gasteiger charge is -2.23. The van der Waals surface area contributed by atoms with Crippen LogP contribution in [0.3, 0.4) is 0 Å². The van der Waals surface area contributed by atoms with Crippen LogP contribution in [0.1, 0.15) is 37.6 Å². The number of para-hydroxylation sites is 1. The van der Waals surface area contributed by atoms with Crippen LogP contribution in [-0.4, -0.2) is 22.5 Å². The highest BCUT2D eigenvalue weighted by molar-refractivity contribution is 5.95. The Hall–Kier alpha value is -2.11. The maximum Gasteiger partial charge on any atom is 0.342 e. The minimum absolute atomic E-state index is 0.0207. The van der Waals surface area contributed by atoms with Gasteiger partial charge < -0.3 is 10.4 Å². The SMILES string of the molecule is CCC(C)(C)CNc1cccc(C(=O)O)c1[N+](=O)[O-]. The third-order valence-corrected chi connectivity index (χ3v) is 3.16. The number of hydrogen-bond acceptors (Lipinski definition) is 4. The Morgan fingerprint density at radius 3 is 2.58 bits per heavy atom. The Bertz CT molecular complexity index is 497. The smallest absolute Gasteiger partial charge is 0.342 e. The molecule has 0 aliphatic carbocycles. The molecule has 0 saturated carbocycles. The average molecular weight is 266 g/mol. The van der Waals surface area contributed by atoms with Crippen LogP contribution in [0.25, 0.3) is 0 Å². The summed E-state index contributed by atoms with van der Waals surface area (Å²) < 4.78 is 0. The van der Waals surface area contributed by atoms with E-state index in [-0.39, 0.29) is 22.4 Å².